The van der Waals surface area contributed by atoms with E-state index in [1.807, 2.05) is 36.1 Å². The third-order valence-electron chi connectivity index (χ3n) is 5.34. The minimum Gasteiger partial charge on any atom is -0.374 e. The molecule has 1 atom stereocenters. The van der Waals surface area contributed by atoms with Crippen molar-refractivity contribution in [3.8, 4) is 0 Å². The van der Waals surface area contributed by atoms with E-state index in [0.29, 0.717) is 19.1 Å². The summed E-state index contributed by atoms with van der Waals surface area (Å²) in [5.41, 5.74) is 4.53. The van der Waals surface area contributed by atoms with Gasteiger partial charge in [-0.1, -0.05) is 61.4 Å². The van der Waals surface area contributed by atoms with Gasteiger partial charge in [-0.25, -0.2) is 0 Å². The summed E-state index contributed by atoms with van der Waals surface area (Å²) in [6.45, 7) is 13.3. The van der Waals surface area contributed by atoms with E-state index in [0.717, 1.165) is 31.7 Å². The van der Waals surface area contributed by atoms with E-state index >= 15 is 0 Å². The number of ether oxygens (including phenoxy) is 1. The first-order chi connectivity index (χ1) is 13.9. The van der Waals surface area contributed by atoms with Crippen LogP contribution in [0, 0.1) is 19.8 Å². The highest BCUT2D eigenvalue weighted by atomic mass is 16.5. The number of hydrogen-bond acceptors (Lipinski definition) is 3. The van der Waals surface area contributed by atoms with E-state index in [4.69, 9.17) is 4.74 Å². The molecule has 29 heavy (non-hydrogen) atoms. The quantitative estimate of drug-likeness (QED) is 0.702. The molecular formula is C25H34N2O2. The molecule has 1 amide bonds. The lowest BCUT2D eigenvalue weighted by atomic mass is 10.1. The highest BCUT2D eigenvalue weighted by Gasteiger charge is 2.26. The van der Waals surface area contributed by atoms with Crippen molar-refractivity contribution in [2.45, 2.75) is 40.3 Å². The lowest BCUT2D eigenvalue weighted by molar-refractivity contribution is -0.0438. The molecule has 3 rings (SSSR count). The first-order valence-corrected chi connectivity index (χ1v) is 10.7. The Bertz CT molecular complexity index is 783. The second-order valence-corrected chi connectivity index (χ2v) is 8.68. The molecule has 0 radical (unpaired) electrons. The van der Waals surface area contributed by atoms with Crippen molar-refractivity contribution >= 4 is 5.91 Å². The van der Waals surface area contributed by atoms with Crippen LogP contribution in [-0.2, 0) is 11.3 Å². The van der Waals surface area contributed by atoms with E-state index < -0.39 is 0 Å². The maximum Gasteiger partial charge on any atom is 0.253 e. The zero-order valence-corrected chi connectivity index (χ0v) is 18.2. The molecule has 0 bridgehead atoms. The molecule has 0 N–H and O–H groups in total. The molecule has 0 aromatic heterocycles. The molecule has 0 spiro atoms. The van der Waals surface area contributed by atoms with Gasteiger partial charge in [0, 0.05) is 38.3 Å². The Morgan fingerprint density at radius 3 is 2.31 bits per heavy atom. The predicted octanol–water partition coefficient (Wildman–Crippen LogP) is 4.30. The first kappa shape index (κ1) is 21.5. The fraction of sp³-hybridized carbons (Fsp3) is 0.480. The number of rotatable bonds is 7. The molecule has 2 aromatic rings. The van der Waals surface area contributed by atoms with E-state index in [2.05, 4.69) is 49.9 Å². The Morgan fingerprint density at radius 2 is 1.69 bits per heavy atom. The van der Waals surface area contributed by atoms with Gasteiger partial charge in [0.05, 0.1) is 12.7 Å². The van der Waals surface area contributed by atoms with Crippen LogP contribution >= 0.6 is 0 Å². The van der Waals surface area contributed by atoms with Crippen LogP contribution < -0.4 is 0 Å². The number of carbonyl (C=O) groups excluding carboxylic acids is 1. The Morgan fingerprint density at radius 1 is 1.07 bits per heavy atom. The molecule has 156 valence electrons. The van der Waals surface area contributed by atoms with Gasteiger partial charge in [0.1, 0.15) is 0 Å². The third kappa shape index (κ3) is 6.41. The predicted molar refractivity (Wildman–Crippen MR) is 118 cm³/mol. The Balaban J connectivity index is 1.64. The summed E-state index contributed by atoms with van der Waals surface area (Å²) >= 11 is 0. The van der Waals surface area contributed by atoms with Gasteiger partial charge in [0.2, 0.25) is 0 Å². The number of aryl methyl sites for hydroxylation is 2. The summed E-state index contributed by atoms with van der Waals surface area (Å²) in [5.74, 6) is 0.509. The van der Waals surface area contributed by atoms with Gasteiger partial charge in [0.25, 0.3) is 5.91 Å². The van der Waals surface area contributed by atoms with Crippen molar-refractivity contribution in [2.75, 3.05) is 32.8 Å². The average molecular weight is 395 g/mol. The lowest BCUT2D eigenvalue weighted by Crippen LogP contribution is -2.49. The van der Waals surface area contributed by atoms with E-state index in [9.17, 15) is 4.79 Å². The van der Waals surface area contributed by atoms with E-state index in [-0.39, 0.29) is 12.0 Å². The molecule has 1 aliphatic rings. The summed E-state index contributed by atoms with van der Waals surface area (Å²) in [7, 11) is 0. The van der Waals surface area contributed by atoms with Crippen LogP contribution in [-0.4, -0.2) is 54.6 Å². The van der Waals surface area contributed by atoms with Crippen molar-refractivity contribution in [3.05, 3.63) is 70.8 Å². The SMILES string of the molecule is Cc1ccc(CN2CCOC(CN(CC(C)C)C(=O)c3ccc(C)cc3)C2)cc1. The summed E-state index contributed by atoms with van der Waals surface area (Å²) in [5, 5.41) is 0. The van der Waals surface area contributed by atoms with Crippen molar-refractivity contribution < 1.29 is 9.53 Å². The number of morpholine rings is 1. The van der Waals surface area contributed by atoms with Crippen LogP contribution in [0.1, 0.15) is 40.9 Å². The van der Waals surface area contributed by atoms with E-state index in [1.54, 1.807) is 0 Å². The van der Waals surface area contributed by atoms with Gasteiger partial charge in [-0.15, -0.1) is 0 Å². The van der Waals surface area contributed by atoms with Crippen LogP contribution in [0.2, 0.25) is 0 Å². The molecule has 1 fully saturated rings. The van der Waals surface area contributed by atoms with Gasteiger partial charge < -0.3 is 9.64 Å². The molecule has 4 nitrogen and oxygen atoms in total. The molecule has 1 aliphatic heterocycles. The number of amides is 1. The number of benzene rings is 2. The van der Waals surface area contributed by atoms with E-state index in [1.165, 1.54) is 16.7 Å². The number of nitrogens with zero attached hydrogens (tertiary/aromatic N) is 2. The van der Waals surface area contributed by atoms with Gasteiger partial charge in [-0.3, -0.25) is 9.69 Å². The van der Waals surface area contributed by atoms with Gasteiger partial charge in [-0.2, -0.15) is 0 Å². The molecule has 0 aliphatic carbocycles. The Kier molecular flexibility index (Phi) is 7.45. The topological polar surface area (TPSA) is 32.8 Å². The monoisotopic (exact) mass is 394 g/mol. The number of carbonyl (C=O) groups is 1. The molecule has 1 saturated heterocycles. The maximum atomic E-state index is 13.1. The van der Waals surface area contributed by atoms with Crippen LogP contribution in [0.25, 0.3) is 0 Å². The zero-order chi connectivity index (χ0) is 20.8. The number of hydrogen-bond donors (Lipinski definition) is 0. The maximum absolute atomic E-state index is 13.1. The second-order valence-electron chi connectivity index (χ2n) is 8.68. The van der Waals surface area contributed by atoms with Crippen LogP contribution in [0.15, 0.2) is 48.5 Å². The minimum absolute atomic E-state index is 0.0438. The molecule has 1 heterocycles. The average Bonchev–Trinajstić information content (AvgIpc) is 2.69. The summed E-state index contributed by atoms with van der Waals surface area (Å²) in [6.07, 6.45) is 0.0438. The third-order valence-corrected chi connectivity index (χ3v) is 5.34. The minimum atomic E-state index is 0.0438. The van der Waals surface area contributed by atoms with Gasteiger partial charge >= 0.3 is 0 Å². The van der Waals surface area contributed by atoms with Crippen LogP contribution in [0.4, 0.5) is 0 Å². The van der Waals surface area contributed by atoms with Crippen LogP contribution in [0.3, 0.4) is 0 Å². The summed E-state index contributed by atoms with van der Waals surface area (Å²) in [4.78, 5) is 17.5. The van der Waals surface area contributed by atoms with Crippen molar-refractivity contribution in [1.29, 1.82) is 0 Å². The highest BCUT2D eigenvalue weighted by Crippen LogP contribution is 2.15. The Hall–Kier alpha value is -2.17. The molecular weight excluding hydrogens is 360 g/mol. The van der Waals surface area contributed by atoms with Crippen molar-refractivity contribution in [3.63, 3.8) is 0 Å². The standard InChI is InChI=1S/C25H34N2O2/c1-19(2)15-27(25(28)23-11-7-21(4)8-12-23)18-24-17-26(13-14-29-24)16-22-9-5-20(3)6-10-22/h5-12,19,24H,13-18H2,1-4H3. The Labute approximate surface area is 175 Å². The summed E-state index contributed by atoms with van der Waals surface area (Å²) in [6, 6.07) is 16.6. The molecule has 0 saturated carbocycles. The fourth-order valence-corrected chi connectivity index (χ4v) is 3.79. The molecule has 1 unspecified atom stereocenters. The van der Waals surface area contributed by atoms with Gasteiger partial charge in [-0.05, 0) is 37.5 Å². The lowest BCUT2D eigenvalue weighted by Gasteiger charge is -2.36. The highest BCUT2D eigenvalue weighted by molar-refractivity contribution is 5.94. The first-order valence-electron chi connectivity index (χ1n) is 10.7. The molecule has 2 aromatic carbocycles. The van der Waals surface area contributed by atoms with Crippen molar-refractivity contribution in [1.82, 2.24) is 9.80 Å². The smallest absolute Gasteiger partial charge is 0.253 e. The van der Waals surface area contributed by atoms with Crippen LogP contribution in [0.5, 0.6) is 0 Å². The second kappa shape index (κ2) is 10.0. The normalized spacial score (nSPS) is 17.5. The fourth-order valence-electron chi connectivity index (χ4n) is 3.79. The van der Waals surface area contributed by atoms with Crippen molar-refractivity contribution in [2.24, 2.45) is 5.92 Å². The summed E-state index contributed by atoms with van der Waals surface area (Å²) < 4.78 is 6.05. The largest absolute Gasteiger partial charge is 0.374 e. The molecule has 4 heteroatoms. The van der Waals surface area contributed by atoms with Gasteiger partial charge in [0.15, 0.2) is 0 Å². The zero-order valence-electron chi connectivity index (χ0n) is 18.2.